The highest BCUT2D eigenvalue weighted by Crippen LogP contribution is 2.52. The Morgan fingerprint density at radius 2 is 1.69 bits per heavy atom. The van der Waals surface area contributed by atoms with Crippen molar-refractivity contribution < 1.29 is 33.4 Å². The number of carbonyl (C=O) groups is 3. The van der Waals surface area contributed by atoms with Crippen LogP contribution in [-0.2, 0) is 22.6 Å². The molecule has 1 unspecified atom stereocenters. The van der Waals surface area contributed by atoms with Gasteiger partial charge in [0.15, 0.2) is 0 Å². The number of piperazine rings is 1. The van der Waals surface area contributed by atoms with Crippen molar-refractivity contribution in [3.8, 4) is 17.2 Å². The topological polar surface area (TPSA) is 115 Å². The summed E-state index contributed by atoms with van der Waals surface area (Å²) in [7, 11) is 1.69. The number of hydrogen-bond donors (Lipinski definition) is 2. The fraction of sp³-hybridized carbons (Fsp3) is 0.460. The van der Waals surface area contributed by atoms with E-state index in [1.165, 1.54) is 18.4 Å². The average Bonchev–Trinajstić information content (AvgIpc) is 3.59. The maximum absolute atomic E-state index is 16.4. The summed E-state index contributed by atoms with van der Waals surface area (Å²) in [4.78, 5) is 46.6. The number of phenolic OH excluding ortho intramolecular Hbond substituents is 1. The van der Waals surface area contributed by atoms with Gasteiger partial charge in [-0.2, -0.15) is 0 Å². The molecule has 1 saturated carbocycles. The van der Waals surface area contributed by atoms with E-state index in [-0.39, 0.29) is 53.1 Å². The van der Waals surface area contributed by atoms with E-state index in [1.54, 1.807) is 24.1 Å². The highest BCUT2D eigenvalue weighted by molar-refractivity contribution is 6.06. The summed E-state index contributed by atoms with van der Waals surface area (Å²) in [6.07, 6.45) is 6.96. The number of phenols is 1. The molecule has 7 aliphatic rings. The van der Waals surface area contributed by atoms with Gasteiger partial charge in [-0.15, -0.1) is 0 Å². The van der Waals surface area contributed by atoms with Crippen LogP contribution in [-0.4, -0.2) is 97.7 Å². The summed E-state index contributed by atoms with van der Waals surface area (Å²) in [5.74, 6) is 1.29. The number of benzene rings is 4. The van der Waals surface area contributed by atoms with Gasteiger partial charge in [-0.05, 0) is 109 Å². The molecule has 1 spiro atoms. The molecule has 0 aromatic heterocycles. The van der Waals surface area contributed by atoms with Gasteiger partial charge in [-0.3, -0.25) is 24.6 Å². The van der Waals surface area contributed by atoms with Crippen LogP contribution >= 0.6 is 0 Å². The molecular formula is C50H54FN5O6. The first-order valence-corrected chi connectivity index (χ1v) is 22.6. The normalized spacial score (nSPS) is 25.6. The number of halogens is 1. The van der Waals surface area contributed by atoms with Gasteiger partial charge in [0.2, 0.25) is 11.8 Å². The van der Waals surface area contributed by atoms with Gasteiger partial charge in [-0.25, -0.2) is 4.39 Å². The minimum absolute atomic E-state index is 0.102. The predicted octanol–water partition coefficient (Wildman–Crippen LogP) is 6.74. The lowest BCUT2D eigenvalue weighted by molar-refractivity contribution is -0.136. The Balaban J connectivity index is 0.715. The molecule has 62 heavy (non-hydrogen) atoms. The molecular weight excluding hydrogens is 786 g/mol. The zero-order chi connectivity index (χ0) is 42.3. The van der Waals surface area contributed by atoms with Crippen molar-refractivity contribution in [3.05, 3.63) is 112 Å². The van der Waals surface area contributed by atoms with Gasteiger partial charge >= 0.3 is 0 Å². The molecule has 11 nitrogen and oxygen atoms in total. The van der Waals surface area contributed by atoms with E-state index in [0.29, 0.717) is 42.5 Å². The number of hydrogen-bond acceptors (Lipinski definition) is 9. The number of imide groups is 1. The predicted molar refractivity (Wildman–Crippen MR) is 233 cm³/mol. The first kappa shape index (κ1) is 39.2. The van der Waals surface area contributed by atoms with Crippen molar-refractivity contribution in [1.82, 2.24) is 15.1 Å². The van der Waals surface area contributed by atoms with Crippen molar-refractivity contribution >= 4 is 29.1 Å². The first-order chi connectivity index (χ1) is 30.1. The molecule has 3 saturated heterocycles. The van der Waals surface area contributed by atoms with Crippen LogP contribution in [0.15, 0.2) is 72.8 Å². The molecule has 12 heteroatoms. The molecule has 4 aromatic carbocycles. The van der Waals surface area contributed by atoms with Crippen molar-refractivity contribution in [2.45, 2.75) is 81.8 Å². The van der Waals surface area contributed by atoms with E-state index in [0.717, 1.165) is 98.6 Å². The maximum Gasteiger partial charge on any atom is 0.255 e. The van der Waals surface area contributed by atoms with Crippen LogP contribution in [0.1, 0.15) is 95.0 Å². The van der Waals surface area contributed by atoms with E-state index in [2.05, 4.69) is 50.3 Å². The fourth-order valence-corrected chi connectivity index (χ4v) is 12.2. The number of nitrogens with zero attached hydrogens (tertiary/aromatic N) is 4. The molecule has 4 fully saturated rings. The van der Waals surface area contributed by atoms with Gasteiger partial charge in [0.25, 0.3) is 5.91 Å². The summed E-state index contributed by atoms with van der Waals surface area (Å²) in [5, 5.41) is 12.7. The number of ether oxygens (including phenoxy) is 2. The monoisotopic (exact) mass is 839 g/mol. The molecule has 5 aliphatic heterocycles. The third-order valence-corrected chi connectivity index (χ3v) is 15.4. The Bertz CT molecular complexity index is 2450. The second-order valence-electron chi connectivity index (χ2n) is 19.1. The van der Waals surface area contributed by atoms with Crippen LogP contribution in [0.4, 0.5) is 15.8 Å². The number of aromatic hydroxyl groups is 1. The van der Waals surface area contributed by atoms with Crippen LogP contribution in [0.3, 0.4) is 0 Å². The Labute approximate surface area is 361 Å². The Morgan fingerprint density at radius 1 is 0.871 bits per heavy atom. The summed E-state index contributed by atoms with van der Waals surface area (Å²) >= 11 is 0. The largest absolute Gasteiger partial charge is 0.508 e. The lowest BCUT2D eigenvalue weighted by Crippen LogP contribution is -2.59. The number of amides is 3. The molecule has 2 aliphatic carbocycles. The summed E-state index contributed by atoms with van der Waals surface area (Å²) in [5.41, 5.74) is 7.65. The van der Waals surface area contributed by atoms with E-state index in [1.807, 2.05) is 30.3 Å². The number of carbonyl (C=O) groups excluding carboxylic acids is 3. The van der Waals surface area contributed by atoms with Crippen molar-refractivity contribution in [1.29, 1.82) is 0 Å². The number of fused-ring (bicyclic) bond motifs is 5. The van der Waals surface area contributed by atoms with Crippen LogP contribution in [0.2, 0.25) is 0 Å². The lowest BCUT2D eigenvalue weighted by atomic mass is 9.65. The maximum atomic E-state index is 16.4. The number of methoxy groups -OCH3 is 1. The average molecular weight is 840 g/mol. The molecule has 5 heterocycles. The second-order valence-corrected chi connectivity index (χ2v) is 19.1. The molecule has 3 amide bonds. The fourth-order valence-electron chi connectivity index (χ4n) is 12.2. The molecule has 2 N–H and O–H groups in total. The van der Waals surface area contributed by atoms with E-state index < -0.39 is 11.9 Å². The number of piperidine rings is 1. The zero-order valence-electron chi connectivity index (χ0n) is 35.3. The van der Waals surface area contributed by atoms with Crippen LogP contribution in [0.5, 0.6) is 17.2 Å². The van der Waals surface area contributed by atoms with Crippen molar-refractivity contribution in [2.24, 2.45) is 11.3 Å². The van der Waals surface area contributed by atoms with Crippen LogP contribution < -0.4 is 24.6 Å². The third-order valence-electron chi connectivity index (χ3n) is 15.4. The quantitative estimate of drug-likeness (QED) is 0.196. The van der Waals surface area contributed by atoms with Gasteiger partial charge in [0.05, 0.1) is 24.5 Å². The van der Waals surface area contributed by atoms with E-state index in [4.69, 9.17) is 9.47 Å². The minimum Gasteiger partial charge on any atom is -0.508 e. The first-order valence-electron chi connectivity index (χ1n) is 22.6. The Morgan fingerprint density at radius 3 is 2.48 bits per heavy atom. The van der Waals surface area contributed by atoms with Gasteiger partial charge in [-0.1, -0.05) is 36.4 Å². The molecule has 322 valence electrons. The number of anilines is 2. The van der Waals surface area contributed by atoms with Crippen LogP contribution in [0.25, 0.3) is 0 Å². The highest BCUT2D eigenvalue weighted by atomic mass is 19.1. The standard InChI is InChI=1S/C50H54FN5O6/c1-61-44-23-42(40(51)21-39(44)47-36(31-5-3-2-4-6-31)9-7-32-19-35(57)8-10-37(32)47)54-28-50(29-54)15-13-30(14-16-50)24-53-17-18-55-34(26-53)27-62-45-22-38-33(20-43(45)55)25-56(49(38)60)41-11-12-46(58)52-48(41)59/h2-6,8,10,19-23,30,34,36,41,47,57H,7,9,11-18,24-29H2,1H3,(H,52,58,59)/t34?,36-,41-,47+/m0/s1. The highest BCUT2D eigenvalue weighted by Gasteiger charge is 2.47. The number of nitrogens with one attached hydrogen (secondary N) is 1. The lowest BCUT2D eigenvalue weighted by Gasteiger charge is -2.55. The molecule has 0 radical (unpaired) electrons. The van der Waals surface area contributed by atoms with Crippen molar-refractivity contribution in [3.63, 3.8) is 0 Å². The van der Waals surface area contributed by atoms with Crippen molar-refractivity contribution in [2.75, 3.05) is 62.8 Å². The minimum atomic E-state index is -0.637. The van der Waals surface area contributed by atoms with E-state index >= 15 is 4.39 Å². The van der Waals surface area contributed by atoms with Gasteiger partial charge in [0, 0.05) is 80.8 Å². The number of aryl methyl sites for hydroxylation is 1. The molecule has 11 rings (SSSR count). The zero-order valence-corrected chi connectivity index (χ0v) is 35.3. The third kappa shape index (κ3) is 6.76. The van der Waals surface area contributed by atoms with Gasteiger partial charge < -0.3 is 29.3 Å². The Hall–Kier alpha value is -5.62. The van der Waals surface area contributed by atoms with E-state index in [9.17, 15) is 19.5 Å². The molecule has 4 atom stereocenters. The molecule has 4 aromatic rings. The second kappa shape index (κ2) is 15.3. The van der Waals surface area contributed by atoms with Crippen LogP contribution in [0, 0.1) is 17.2 Å². The summed E-state index contributed by atoms with van der Waals surface area (Å²) in [6, 6.07) is 23.3. The number of rotatable bonds is 7. The summed E-state index contributed by atoms with van der Waals surface area (Å²) in [6.45, 7) is 6.46. The Kier molecular flexibility index (Phi) is 9.70. The van der Waals surface area contributed by atoms with Gasteiger partial charge in [0.1, 0.15) is 35.7 Å². The summed E-state index contributed by atoms with van der Waals surface area (Å²) < 4.78 is 28.8. The SMILES string of the molecule is COc1cc(N2CC3(CCC(CN4CCN5c6cc7c(cc6OCC5C4)C(=O)N([C@H]4CCC(=O)NC4=O)C7)CC3)C2)c(F)cc1[C@H]1c2ccc(O)cc2CC[C@H]1c1ccccc1. The smallest absolute Gasteiger partial charge is 0.255 e. The molecule has 0 bridgehead atoms.